The molecular formula is C16H16BrClN2O2. The van der Waals surface area contributed by atoms with Crippen molar-refractivity contribution < 1.29 is 9.53 Å². The van der Waals surface area contributed by atoms with Crippen LogP contribution in [-0.4, -0.2) is 29.9 Å². The summed E-state index contributed by atoms with van der Waals surface area (Å²) < 4.78 is 5.94. The number of benzene rings is 1. The lowest BCUT2D eigenvalue weighted by molar-refractivity contribution is -0.129. The van der Waals surface area contributed by atoms with Crippen LogP contribution in [-0.2, 0) is 17.8 Å². The van der Waals surface area contributed by atoms with Crippen molar-refractivity contribution in [2.75, 3.05) is 14.2 Å². The molecule has 0 aliphatic carbocycles. The van der Waals surface area contributed by atoms with E-state index in [4.69, 9.17) is 16.3 Å². The summed E-state index contributed by atoms with van der Waals surface area (Å²) in [5.41, 5.74) is 1.75. The maximum Gasteiger partial charge on any atom is 0.227 e. The van der Waals surface area contributed by atoms with E-state index in [0.29, 0.717) is 18.1 Å². The number of ether oxygens (including phenoxy) is 1. The number of halogens is 2. The molecule has 22 heavy (non-hydrogen) atoms. The minimum atomic E-state index is 0.0150. The van der Waals surface area contributed by atoms with E-state index >= 15 is 0 Å². The Kier molecular flexibility index (Phi) is 5.80. The smallest absolute Gasteiger partial charge is 0.227 e. The van der Waals surface area contributed by atoms with Gasteiger partial charge in [0.25, 0.3) is 0 Å². The van der Waals surface area contributed by atoms with Crippen LogP contribution in [0.3, 0.4) is 0 Å². The van der Waals surface area contributed by atoms with Crippen molar-refractivity contribution >= 4 is 33.4 Å². The Morgan fingerprint density at radius 1 is 1.36 bits per heavy atom. The van der Waals surface area contributed by atoms with Crippen LogP contribution in [0.25, 0.3) is 0 Å². The SMILES string of the molecule is COc1ccc(CC(=O)N(C)Cc2cc(Br)cnc2Cl)cc1. The zero-order chi connectivity index (χ0) is 16.1. The summed E-state index contributed by atoms with van der Waals surface area (Å²) in [5.74, 6) is 0.790. The van der Waals surface area contributed by atoms with Gasteiger partial charge in [0.1, 0.15) is 10.9 Å². The molecule has 1 amide bonds. The molecule has 0 spiro atoms. The van der Waals surface area contributed by atoms with Gasteiger partial charge in [0.2, 0.25) is 5.91 Å². The first-order chi connectivity index (χ1) is 10.5. The first-order valence-electron chi connectivity index (χ1n) is 6.66. The van der Waals surface area contributed by atoms with Crippen molar-refractivity contribution in [3.05, 3.63) is 57.3 Å². The van der Waals surface area contributed by atoms with E-state index in [-0.39, 0.29) is 5.91 Å². The van der Waals surface area contributed by atoms with E-state index < -0.39 is 0 Å². The van der Waals surface area contributed by atoms with Gasteiger partial charge in [0, 0.05) is 29.8 Å². The third-order valence-electron chi connectivity index (χ3n) is 3.23. The number of carbonyl (C=O) groups excluding carboxylic acids is 1. The fraction of sp³-hybridized carbons (Fsp3) is 0.250. The van der Waals surface area contributed by atoms with Crippen LogP contribution in [0.5, 0.6) is 5.75 Å². The van der Waals surface area contributed by atoms with E-state index in [0.717, 1.165) is 21.3 Å². The molecular weight excluding hydrogens is 368 g/mol. The Morgan fingerprint density at radius 2 is 2.05 bits per heavy atom. The topological polar surface area (TPSA) is 42.4 Å². The number of carbonyl (C=O) groups is 1. The lowest BCUT2D eigenvalue weighted by Gasteiger charge is -2.18. The summed E-state index contributed by atoms with van der Waals surface area (Å²) >= 11 is 9.41. The third kappa shape index (κ3) is 4.45. The molecule has 0 aliphatic heterocycles. The number of pyridine rings is 1. The van der Waals surface area contributed by atoms with Crippen LogP contribution in [0, 0.1) is 0 Å². The van der Waals surface area contributed by atoms with Gasteiger partial charge < -0.3 is 9.64 Å². The summed E-state index contributed by atoms with van der Waals surface area (Å²) in [4.78, 5) is 18.0. The van der Waals surface area contributed by atoms with E-state index in [1.807, 2.05) is 30.3 Å². The van der Waals surface area contributed by atoms with Gasteiger partial charge in [-0.3, -0.25) is 4.79 Å². The minimum Gasteiger partial charge on any atom is -0.497 e. The molecule has 2 rings (SSSR count). The summed E-state index contributed by atoms with van der Waals surface area (Å²) in [6.07, 6.45) is 1.96. The number of amides is 1. The number of likely N-dealkylation sites (N-methyl/N-ethyl adjacent to an activating group) is 1. The molecule has 1 aromatic heterocycles. The highest BCUT2D eigenvalue weighted by atomic mass is 79.9. The molecule has 2 aromatic rings. The van der Waals surface area contributed by atoms with Crippen molar-refractivity contribution in [1.82, 2.24) is 9.88 Å². The predicted octanol–water partition coefficient (Wildman–Crippen LogP) is 3.71. The normalized spacial score (nSPS) is 10.4. The first kappa shape index (κ1) is 16.8. The average molecular weight is 384 g/mol. The zero-order valence-corrected chi connectivity index (χ0v) is 14.7. The number of hydrogen-bond donors (Lipinski definition) is 0. The van der Waals surface area contributed by atoms with Crippen molar-refractivity contribution in [1.29, 1.82) is 0 Å². The zero-order valence-electron chi connectivity index (χ0n) is 12.3. The van der Waals surface area contributed by atoms with Gasteiger partial charge in [-0.2, -0.15) is 0 Å². The van der Waals surface area contributed by atoms with Crippen molar-refractivity contribution in [3.63, 3.8) is 0 Å². The second-order valence-corrected chi connectivity index (χ2v) is 6.15. The summed E-state index contributed by atoms with van der Waals surface area (Å²) in [7, 11) is 3.37. The highest BCUT2D eigenvalue weighted by molar-refractivity contribution is 9.10. The Hall–Kier alpha value is -1.59. The minimum absolute atomic E-state index is 0.0150. The molecule has 0 saturated carbocycles. The lowest BCUT2D eigenvalue weighted by atomic mass is 10.1. The Morgan fingerprint density at radius 3 is 2.68 bits per heavy atom. The molecule has 6 heteroatoms. The molecule has 0 saturated heterocycles. The summed E-state index contributed by atoms with van der Waals surface area (Å²) in [6.45, 7) is 0.417. The van der Waals surface area contributed by atoms with E-state index in [2.05, 4.69) is 20.9 Å². The molecule has 1 heterocycles. The average Bonchev–Trinajstić information content (AvgIpc) is 2.51. The number of nitrogens with zero attached hydrogens (tertiary/aromatic N) is 2. The highest BCUT2D eigenvalue weighted by Crippen LogP contribution is 2.20. The van der Waals surface area contributed by atoms with Crippen LogP contribution < -0.4 is 4.74 Å². The van der Waals surface area contributed by atoms with Crippen molar-refractivity contribution in [2.24, 2.45) is 0 Å². The van der Waals surface area contributed by atoms with Crippen LogP contribution in [0.1, 0.15) is 11.1 Å². The van der Waals surface area contributed by atoms with Gasteiger partial charge in [0.05, 0.1) is 13.5 Å². The van der Waals surface area contributed by atoms with E-state index in [1.165, 1.54) is 0 Å². The van der Waals surface area contributed by atoms with Gasteiger partial charge >= 0.3 is 0 Å². The maximum absolute atomic E-state index is 12.3. The Balaban J connectivity index is 2.00. The molecule has 4 nitrogen and oxygen atoms in total. The van der Waals surface area contributed by atoms with Gasteiger partial charge in [-0.15, -0.1) is 0 Å². The maximum atomic E-state index is 12.3. The summed E-state index contributed by atoms with van der Waals surface area (Å²) in [6, 6.07) is 9.33. The molecule has 1 aromatic carbocycles. The molecule has 116 valence electrons. The van der Waals surface area contributed by atoms with Crippen LogP contribution in [0.4, 0.5) is 0 Å². The van der Waals surface area contributed by atoms with Crippen molar-refractivity contribution in [2.45, 2.75) is 13.0 Å². The Labute approximate surface area is 143 Å². The van der Waals surface area contributed by atoms with Gasteiger partial charge in [-0.1, -0.05) is 23.7 Å². The quantitative estimate of drug-likeness (QED) is 0.739. The number of aromatic nitrogens is 1. The monoisotopic (exact) mass is 382 g/mol. The van der Waals surface area contributed by atoms with Crippen LogP contribution in [0.15, 0.2) is 41.0 Å². The highest BCUT2D eigenvalue weighted by Gasteiger charge is 2.13. The predicted molar refractivity (Wildman–Crippen MR) is 90.1 cm³/mol. The van der Waals surface area contributed by atoms with E-state index in [1.54, 1.807) is 25.3 Å². The van der Waals surface area contributed by atoms with Gasteiger partial charge in [-0.05, 0) is 39.7 Å². The largest absolute Gasteiger partial charge is 0.497 e. The number of hydrogen-bond acceptors (Lipinski definition) is 3. The second kappa shape index (κ2) is 7.61. The molecule has 0 fully saturated rings. The molecule has 0 aliphatic rings. The summed E-state index contributed by atoms with van der Waals surface area (Å²) in [5, 5.41) is 0.410. The Bertz CT molecular complexity index is 662. The number of rotatable bonds is 5. The third-order valence-corrected chi connectivity index (χ3v) is 4.00. The van der Waals surface area contributed by atoms with Gasteiger partial charge in [-0.25, -0.2) is 4.98 Å². The second-order valence-electron chi connectivity index (χ2n) is 4.88. The molecule has 0 N–H and O–H groups in total. The fourth-order valence-corrected chi connectivity index (χ4v) is 2.51. The van der Waals surface area contributed by atoms with E-state index in [9.17, 15) is 4.79 Å². The molecule has 0 atom stereocenters. The standard InChI is InChI=1S/C16H16BrClN2O2/c1-20(10-12-8-13(17)9-19-16(12)18)15(21)7-11-3-5-14(22-2)6-4-11/h3-6,8-9H,7,10H2,1-2H3. The van der Waals surface area contributed by atoms with Crippen LogP contribution in [0.2, 0.25) is 5.15 Å². The van der Waals surface area contributed by atoms with Crippen LogP contribution >= 0.6 is 27.5 Å². The molecule has 0 unspecified atom stereocenters. The van der Waals surface area contributed by atoms with Gasteiger partial charge in [0.15, 0.2) is 0 Å². The molecule has 0 bridgehead atoms. The fourth-order valence-electron chi connectivity index (χ4n) is 1.97. The number of methoxy groups -OCH3 is 1. The lowest BCUT2D eigenvalue weighted by Crippen LogP contribution is -2.27. The first-order valence-corrected chi connectivity index (χ1v) is 7.83. The molecule has 0 radical (unpaired) electrons. The van der Waals surface area contributed by atoms with Crippen molar-refractivity contribution in [3.8, 4) is 5.75 Å².